The van der Waals surface area contributed by atoms with Crippen molar-refractivity contribution < 1.29 is 29.4 Å². The van der Waals surface area contributed by atoms with Crippen molar-refractivity contribution in [2.75, 3.05) is 0 Å². The third-order valence-corrected chi connectivity index (χ3v) is 9.09. The van der Waals surface area contributed by atoms with Crippen LogP contribution in [0.15, 0.2) is 44.1 Å². The predicted molar refractivity (Wildman–Crippen MR) is 165 cm³/mol. The topological polar surface area (TPSA) is 161 Å². The van der Waals surface area contributed by atoms with Crippen molar-refractivity contribution in [3.05, 3.63) is 61.7 Å². The maximum atomic E-state index is 12.4. The van der Waals surface area contributed by atoms with Gasteiger partial charge in [-0.15, -0.1) is 0 Å². The Bertz CT molecular complexity index is 1530. The Morgan fingerprint density at radius 1 is 0.837 bits per heavy atom. The van der Waals surface area contributed by atoms with Gasteiger partial charge in [-0.2, -0.15) is 0 Å². The number of carbonyl (C=O) groups is 4. The molecule has 0 radical (unpaired) electrons. The first kappa shape index (κ1) is 31.7. The summed E-state index contributed by atoms with van der Waals surface area (Å²) in [5.74, 6) is -1.93. The van der Waals surface area contributed by atoms with E-state index in [9.17, 15) is 29.4 Å². The van der Waals surface area contributed by atoms with E-state index < -0.39 is 11.9 Å². The number of nitrogens with one attached hydrogen (secondary N) is 3. The molecule has 43 heavy (non-hydrogen) atoms. The van der Waals surface area contributed by atoms with Gasteiger partial charge in [0.25, 0.3) is 0 Å². The maximum Gasteiger partial charge on any atom is 0.303 e. The Labute approximate surface area is 252 Å². The molecule has 2 amide bonds. The highest BCUT2D eigenvalue weighted by Crippen LogP contribution is 2.35. The zero-order valence-corrected chi connectivity index (χ0v) is 25.9. The molecule has 10 heteroatoms. The molecule has 5 N–H and O–H groups in total. The normalized spacial score (nSPS) is 21.3. The molecule has 0 aromatic carbocycles. The van der Waals surface area contributed by atoms with Crippen molar-refractivity contribution in [1.82, 2.24) is 15.6 Å². The molecule has 1 aromatic rings. The van der Waals surface area contributed by atoms with Gasteiger partial charge in [-0.25, -0.2) is 0 Å². The van der Waals surface area contributed by atoms with Crippen molar-refractivity contribution in [2.24, 2.45) is 4.99 Å². The summed E-state index contributed by atoms with van der Waals surface area (Å²) in [7, 11) is 0. The lowest BCUT2D eigenvalue weighted by molar-refractivity contribution is -0.138. The smallest absolute Gasteiger partial charge is 0.303 e. The number of carbonyl (C=O) groups excluding carboxylic acids is 2. The molecule has 0 spiro atoms. The number of aliphatic imine (C=N–C) groups is 1. The van der Waals surface area contributed by atoms with Crippen LogP contribution in [0.4, 0.5) is 0 Å². The minimum atomic E-state index is -0.906. The number of aromatic amines is 1. The maximum absolute atomic E-state index is 12.4. The summed E-state index contributed by atoms with van der Waals surface area (Å²) in [6, 6.07) is -0.314. The summed E-state index contributed by atoms with van der Waals surface area (Å²) in [6.45, 7) is 11.7. The summed E-state index contributed by atoms with van der Waals surface area (Å²) in [4.78, 5) is 56.3. The van der Waals surface area contributed by atoms with Crippen LogP contribution in [0.5, 0.6) is 0 Å². The van der Waals surface area contributed by atoms with E-state index in [-0.39, 0.29) is 36.7 Å². The van der Waals surface area contributed by atoms with Crippen LogP contribution >= 0.6 is 0 Å². The summed E-state index contributed by atoms with van der Waals surface area (Å²) < 4.78 is 0. The second-order valence-electron chi connectivity index (χ2n) is 11.6. The van der Waals surface area contributed by atoms with Gasteiger partial charge in [0.15, 0.2) is 0 Å². The van der Waals surface area contributed by atoms with Crippen molar-refractivity contribution in [2.45, 2.75) is 105 Å². The molecule has 0 bridgehead atoms. The third kappa shape index (κ3) is 6.58. The highest BCUT2D eigenvalue weighted by atomic mass is 16.4. The van der Waals surface area contributed by atoms with Crippen molar-refractivity contribution >= 4 is 35.5 Å². The molecule has 0 fully saturated rings. The van der Waals surface area contributed by atoms with Gasteiger partial charge >= 0.3 is 11.9 Å². The first-order valence-corrected chi connectivity index (χ1v) is 15.0. The fraction of sp³-hybridized carbons (Fsp3) is 0.485. The van der Waals surface area contributed by atoms with E-state index >= 15 is 0 Å². The van der Waals surface area contributed by atoms with Crippen molar-refractivity contribution in [1.29, 1.82) is 0 Å². The number of H-pyrrole nitrogens is 1. The molecule has 3 aliphatic rings. The lowest BCUT2D eigenvalue weighted by atomic mass is 9.95. The molecule has 0 saturated heterocycles. The van der Waals surface area contributed by atoms with E-state index in [1.165, 1.54) is 0 Å². The summed E-state index contributed by atoms with van der Waals surface area (Å²) in [6.07, 6.45) is 4.84. The van der Waals surface area contributed by atoms with Gasteiger partial charge in [0.1, 0.15) is 0 Å². The lowest BCUT2D eigenvalue weighted by Crippen LogP contribution is -2.31. The number of hydrogen-bond donors (Lipinski definition) is 5. The van der Waals surface area contributed by atoms with Crippen LogP contribution < -0.4 is 10.6 Å². The van der Waals surface area contributed by atoms with Crippen LogP contribution in [0.1, 0.15) is 95.7 Å². The van der Waals surface area contributed by atoms with Crippen molar-refractivity contribution in [3.63, 3.8) is 0 Å². The average molecular weight is 591 g/mol. The number of amides is 2. The Balaban J connectivity index is 1.74. The fourth-order valence-electron chi connectivity index (χ4n) is 6.49. The van der Waals surface area contributed by atoms with E-state index in [2.05, 4.69) is 15.6 Å². The second-order valence-corrected chi connectivity index (χ2v) is 11.6. The standard InChI is InChI=1S/C33H42N4O6/c1-7-20-19(6)32(42)37-27(20)14-25-18(5)23(10-12-31(40)41)29(35-25)15-28-22(9-11-30(38)39)17(4)24(34-28)13-26-16(3)21(8-2)33(43)36-26/h15,26-27,35H,7-14H2,1-6H3,(H,36,43)(H,37,42)(H,38,39)(H,40,41)/t26-,27-/m1/s1. The van der Waals surface area contributed by atoms with Gasteiger partial charge in [-0.3, -0.25) is 24.2 Å². The number of nitrogens with zero attached hydrogens (tertiary/aromatic N) is 1. The Morgan fingerprint density at radius 3 is 2.09 bits per heavy atom. The highest BCUT2D eigenvalue weighted by molar-refractivity contribution is 6.07. The number of carboxylic acid groups (broad SMARTS) is 2. The molecule has 2 atom stereocenters. The second kappa shape index (κ2) is 13.0. The van der Waals surface area contributed by atoms with Gasteiger partial charge in [-0.05, 0) is 92.9 Å². The zero-order chi connectivity index (χ0) is 31.6. The van der Waals surface area contributed by atoms with E-state index in [1.807, 2.05) is 47.6 Å². The van der Waals surface area contributed by atoms with E-state index in [1.54, 1.807) is 0 Å². The van der Waals surface area contributed by atoms with Crippen molar-refractivity contribution in [3.8, 4) is 0 Å². The van der Waals surface area contributed by atoms with Crippen LogP contribution in [0.25, 0.3) is 6.08 Å². The van der Waals surface area contributed by atoms with Gasteiger partial charge in [0.2, 0.25) is 11.8 Å². The Morgan fingerprint density at radius 2 is 1.49 bits per heavy atom. The molecule has 3 aliphatic heterocycles. The average Bonchev–Trinajstić information content (AvgIpc) is 3.59. The lowest BCUT2D eigenvalue weighted by Gasteiger charge is -2.14. The van der Waals surface area contributed by atoms with Gasteiger partial charge < -0.3 is 25.8 Å². The summed E-state index contributed by atoms with van der Waals surface area (Å²) in [5.41, 5.74) is 10.2. The van der Waals surface area contributed by atoms with Crippen LogP contribution in [0, 0.1) is 6.92 Å². The molecule has 0 aliphatic carbocycles. The molecular weight excluding hydrogens is 548 g/mol. The van der Waals surface area contributed by atoms with E-state index in [0.717, 1.165) is 68.1 Å². The monoisotopic (exact) mass is 590 g/mol. The predicted octanol–water partition coefficient (Wildman–Crippen LogP) is 4.70. The molecular formula is C33H42N4O6. The molecule has 1 aromatic heterocycles. The minimum absolute atomic E-state index is 0.0459. The molecule has 230 valence electrons. The number of aliphatic carboxylic acids is 2. The number of rotatable bonds is 13. The van der Waals surface area contributed by atoms with E-state index in [4.69, 9.17) is 4.99 Å². The number of allylic oxidation sites excluding steroid dienone is 2. The number of aromatic nitrogens is 1. The zero-order valence-electron chi connectivity index (χ0n) is 25.9. The van der Waals surface area contributed by atoms with Crippen LogP contribution in [0.2, 0.25) is 0 Å². The first-order valence-electron chi connectivity index (χ1n) is 15.0. The van der Waals surface area contributed by atoms with Gasteiger partial charge in [0, 0.05) is 53.9 Å². The number of carboxylic acids is 2. The summed E-state index contributed by atoms with van der Waals surface area (Å²) in [5, 5.41) is 25.0. The SMILES string of the molecule is CCC1=C(C)[C@@H](CC2=NC(=Cc3[nH]c(C[C@H]4NC(=O)C(C)=C4CC)c(C)c3CCC(=O)O)C(CCC(=O)O)=C2C)NC1=O. The van der Waals surface area contributed by atoms with Crippen LogP contribution in [0.3, 0.4) is 0 Å². The van der Waals surface area contributed by atoms with Gasteiger partial charge in [0.05, 0.1) is 17.8 Å². The molecule has 0 unspecified atom stereocenters. The van der Waals surface area contributed by atoms with Crippen LogP contribution in [-0.4, -0.2) is 56.7 Å². The first-order chi connectivity index (χ1) is 20.4. The third-order valence-electron chi connectivity index (χ3n) is 9.09. The highest BCUT2D eigenvalue weighted by Gasteiger charge is 2.32. The Hall–Kier alpha value is -4.21. The Kier molecular flexibility index (Phi) is 9.57. The van der Waals surface area contributed by atoms with Crippen LogP contribution in [-0.2, 0) is 32.0 Å². The molecule has 4 heterocycles. The summed E-state index contributed by atoms with van der Waals surface area (Å²) >= 11 is 0. The fourth-order valence-corrected chi connectivity index (χ4v) is 6.49. The van der Waals surface area contributed by atoms with E-state index in [0.29, 0.717) is 37.8 Å². The number of hydrogen-bond acceptors (Lipinski definition) is 5. The molecule has 10 nitrogen and oxygen atoms in total. The molecule has 0 saturated carbocycles. The minimum Gasteiger partial charge on any atom is -0.481 e. The van der Waals surface area contributed by atoms with Gasteiger partial charge in [-0.1, -0.05) is 13.8 Å². The quantitative estimate of drug-likeness (QED) is 0.224. The largest absolute Gasteiger partial charge is 0.481 e. The molecule has 4 rings (SSSR count).